The zero-order valence-corrected chi connectivity index (χ0v) is 21.3. The number of aliphatic hydroxyl groups excluding tert-OH is 1. The Hall–Kier alpha value is -2.67. The number of carboxylic acids is 1. The predicted octanol–water partition coefficient (Wildman–Crippen LogP) is 4.70. The van der Waals surface area contributed by atoms with Crippen molar-refractivity contribution in [1.29, 1.82) is 0 Å². The lowest BCUT2D eigenvalue weighted by Crippen LogP contribution is -2.51. The molecule has 1 aromatic carbocycles. The molecule has 7 heteroatoms. The number of hydrogen-bond acceptors (Lipinski definition) is 5. The third-order valence-electron chi connectivity index (χ3n) is 10.00. The number of carboxylic acid groups (broad SMARTS) is 1. The molecular formula is C29H38N2O5. The van der Waals surface area contributed by atoms with Crippen LogP contribution in [0.15, 0.2) is 41.1 Å². The van der Waals surface area contributed by atoms with Gasteiger partial charge in [0.05, 0.1) is 17.4 Å². The van der Waals surface area contributed by atoms with Crippen molar-refractivity contribution in [1.82, 2.24) is 5.32 Å². The van der Waals surface area contributed by atoms with Crippen LogP contribution in [0.2, 0.25) is 0 Å². The first-order chi connectivity index (χ1) is 17.2. The van der Waals surface area contributed by atoms with Crippen molar-refractivity contribution < 1.29 is 24.6 Å². The van der Waals surface area contributed by atoms with E-state index < -0.39 is 5.97 Å². The summed E-state index contributed by atoms with van der Waals surface area (Å²) in [7, 11) is 0. The molecule has 0 radical (unpaired) electrons. The molecule has 0 unspecified atom stereocenters. The SMILES string of the molecule is C[C@]12CC[C@@H]3[C@H](CCC4=CC(=NOCC(=O)NCc5ccc(C(=O)O)cc5)CC[C@@]43C)[C@@H]1CC[C@H]2O. The molecule has 0 aromatic heterocycles. The van der Waals surface area contributed by atoms with Crippen LogP contribution in [0.5, 0.6) is 0 Å². The van der Waals surface area contributed by atoms with E-state index in [2.05, 4.69) is 30.4 Å². The van der Waals surface area contributed by atoms with Crippen LogP contribution in [-0.2, 0) is 16.2 Å². The van der Waals surface area contributed by atoms with Gasteiger partial charge in [0.25, 0.3) is 5.91 Å². The molecule has 7 nitrogen and oxygen atoms in total. The normalized spacial score (nSPS) is 36.3. The minimum absolute atomic E-state index is 0.108. The molecule has 6 atom stereocenters. The number of nitrogens with zero attached hydrogens (tertiary/aromatic N) is 1. The van der Waals surface area contributed by atoms with Crippen LogP contribution < -0.4 is 5.32 Å². The number of amides is 1. The number of hydrogen-bond donors (Lipinski definition) is 3. The standard InChI is InChI=1S/C29H38N2O5/c1-28-13-11-21(31-36-17-26(33)30-16-18-3-5-19(6-4-18)27(34)35)15-20(28)7-8-22-23-9-10-25(32)29(23,2)14-12-24(22)28/h3-6,15,22-25,32H,7-14,16-17H2,1-2H3,(H,30,33)(H,34,35)/t22-,23+,24-,25-,28+,29+/m1/s1. The number of carbonyl (C=O) groups excluding carboxylic acids is 1. The molecule has 36 heavy (non-hydrogen) atoms. The molecule has 5 rings (SSSR count). The summed E-state index contributed by atoms with van der Waals surface area (Å²) in [5, 5.41) is 26.7. The Morgan fingerprint density at radius 1 is 1.06 bits per heavy atom. The summed E-state index contributed by atoms with van der Waals surface area (Å²) in [6.07, 6.45) is 10.7. The first-order valence-corrected chi connectivity index (χ1v) is 13.4. The molecule has 3 N–H and O–H groups in total. The average molecular weight is 495 g/mol. The summed E-state index contributed by atoms with van der Waals surface area (Å²) in [4.78, 5) is 28.5. The minimum atomic E-state index is -0.973. The zero-order valence-electron chi connectivity index (χ0n) is 21.3. The van der Waals surface area contributed by atoms with Crippen LogP contribution >= 0.6 is 0 Å². The molecule has 1 amide bonds. The highest BCUT2D eigenvalue weighted by Crippen LogP contribution is 2.65. The summed E-state index contributed by atoms with van der Waals surface area (Å²) in [5.74, 6) is 0.802. The summed E-state index contributed by atoms with van der Waals surface area (Å²) in [5.41, 5.74) is 3.74. The number of carbonyl (C=O) groups is 2. The van der Waals surface area contributed by atoms with Gasteiger partial charge in [-0.1, -0.05) is 36.7 Å². The van der Waals surface area contributed by atoms with Gasteiger partial charge in [-0.3, -0.25) is 4.79 Å². The Morgan fingerprint density at radius 2 is 1.83 bits per heavy atom. The third-order valence-corrected chi connectivity index (χ3v) is 10.00. The second-order valence-electron chi connectivity index (χ2n) is 11.8. The molecule has 4 aliphatic carbocycles. The molecule has 1 aromatic rings. The fourth-order valence-electron chi connectivity index (χ4n) is 7.81. The third kappa shape index (κ3) is 4.47. The maximum absolute atomic E-state index is 12.2. The van der Waals surface area contributed by atoms with Crippen molar-refractivity contribution in [3.63, 3.8) is 0 Å². The fraction of sp³-hybridized carbons (Fsp3) is 0.621. The van der Waals surface area contributed by atoms with Crippen molar-refractivity contribution in [2.45, 2.75) is 77.9 Å². The number of fused-ring (bicyclic) bond motifs is 5. The molecule has 3 fully saturated rings. The van der Waals surface area contributed by atoms with Crippen molar-refractivity contribution >= 4 is 17.6 Å². The van der Waals surface area contributed by atoms with Crippen LogP contribution in [0.4, 0.5) is 0 Å². The van der Waals surface area contributed by atoms with Gasteiger partial charge in [-0.2, -0.15) is 0 Å². The smallest absolute Gasteiger partial charge is 0.335 e. The van der Waals surface area contributed by atoms with E-state index >= 15 is 0 Å². The van der Waals surface area contributed by atoms with Crippen molar-refractivity contribution in [2.24, 2.45) is 33.7 Å². The zero-order chi connectivity index (χ0) is 25.5. The molecule has 0 saturated heterocycles. The van der Waals surface area contributed by atoms with E-state index in [0.717, 1.165) is 43.4 Å². The largest absolute Gasteiger partial charge is 0.478 e. The Labute approximate surface area is 213 Å². The Bertz CT molecular complexity index is 1080. The quantitative estimate of drug-likeness (QED) is 0.497. The van der Waals surface area contributed by atoms with Gasteiger partial charge in [0.15, 0.2) is 6.61 Å². The lowest BCUT2D eigenvalue weighted by molar-refractivity contribution is -0.125. The van der Waals surface area contributed by atoms with Gasteiger partial charge in [0.1, 0.15) is 0 Å². The van der Waals surface area contributed by atoms with Crippen molar-refractivity contribution in [2.75, 3.05) is 6.61 Å². The molecule has 0 heterocycles. The number of nitrogens with one attached hydrogen (secondary N) is 1. The highest BCUT2D eigenvalue weighted by Gasteiger charge is 2.58. The van der Waals surface area contributed by atoms with E-state index in [0.29, 0.717) is 24.3 Å². The number of allylic oxidation sites excluding steroid dienone is 2. The van der Waals surface area contributed by atoms with E-state index in [4.69, 9.17) is 9.94 Å². The lowest BCUT2D eigenvalue weighted by atomic mass is 9.47. The maximum Gasteiger partial charge on any atom is 0.335 e. The molecule has 0 aliphatic heterocycles. The van der Waals surface area contributed by atoms with Gasteiger partial charge >= 0.3 is 5.97 Å². The van der Waals surface area contributed by atoms with E-state index in [1.54, 1.807) is 12.1 Å². The van der Waals surface area contributed by atoms with Crippen molar-refractivity contribution in [3.05, 3.63) is 47.0 Å². The van der Waals surface area contributed by atoms with Crippen LogP contribution in [-0.4, -0.2) is 40.5 Å². The first kappa shape index (κ1) is 25.0. The fourth-order valence-corrected chi connectivity index (χ4v) is 7.81. The van der Waals surface area contributed by atoms with Gasteiger partial charge in [-0.25, -0.2) is 4.79 Å². The van der Waals surface area contributed by atoms with Gasteiger partial charge in [-0.15, -0.1) is 0 Å². The van der Waals surface area contributed by atoms with Crippen LogP contribution in [0, 0.1) is 28.6 Å². The number of aliphatic hydroxyl groups is 1. The predicted molar refractivity (Wildman–Crippen MR) is 136 cm³/mol. The summed E-state index contributed by atoms with van der Waals surface area (Å²) in [6, 6.07) is 6.42. The van der Waals surface area contributed by atoms with Crippen LogP contribution in [0.3, 0.4) is 0 Å². The van der Waals surface area contributed by atoms with Crippen molar-refractivity contribution in [3.8, 4) is 0 Å². The molecule has 0 bridgehead atoms. The monoisotopic (exact) mass is 494 g/mol. The number of rotatable bonds is 6. The summed E-state index contributed by atoms with van der Waals surface area (Å²) in [6.45, 7) is 4.93. The minimum Gasteiger partial charge on any atom is -0.478 e. The van der Waals surface area contributed by atoms with Crippen LogP contribution in [0.25, 0.3) is 0 Å². The Kier molecular flexibility index (Phi) is 6.70. The summed E-state index contributed by atoms with van der Waals surface area (Å²) >= 11 is 0. The Balaban J connectivity index is 1.15. The summed E-state index contributed by atoms with van der Waals surface area (Å²) < 4.78 is 0. The molecule has 3 saturated carbocycles. The molecular weight excluding hydrogens is 456 g/mol. The maximum atomic E-state index is 12.2. The van der Waals surface area contributed by atoms with Gasteiger partial charge < -0.3 is 20.4 Å². The molecule has 194 valence electrons. The van der Waals surface area contributed by atoms with Gasteiger partial charge in [0.2, 0.25) is 0 Å². The molecule has 4 aliphatic rings. The molecule has 0 spiro atoms. The average Bonchev–Trinajstić information content (AvgIpc) is 3.17. The first-order valence-electron chi connectivity index (χ1n) is 13.4. The van der Waals surface area contributed by atoms with Crippen LogP contribution in [0.1, 0.15) is 81.1 Å². The van der Waals surface area contributed by atoms with E-state index in [-0.39, 0.29) is 35.0 Å². The second kappa shape index (κ2) is 9.66. The highest BCUT2D eigenvalue weighted by molar-refractivity contribution is 5.96. The number of aromatic carboxylic acids is 1. The van der Waals surface area contributed by atoms with Gasteiger partial charge in [0, 0.05) is 6.54 Å². The topological polar surface area (TPSA) is 108 Å². The lowest BCUT2D eigenvalue weighted by Gasteiger charge is -2.57. The van der Waals surface area contributed by atoms with E-state index in [1.807, 2.05) is 0 Å². The second-order valence-corrected chi connectivity index (χ2v) is 11.8. The van der Waals surface area contributed by atoms with E-state index in [1.165, 1.54) is 37.0 Å². The number of benzene rings is 1. The number of oxime groups is 1. The van der Waals surface area contributed by atoms with Gasteiger partial charge in [-0.05, 0) is 104 Å². The highest BCUT2D eigenvalue weighted by atomic mass is 16.6. The van der Waals surface area contributed by atoms with E-state index in [9.17, 15) is 14.7 Å². The Morgan fingerprint density at radius 3 is 2.58 bits per heavy atom.